The molecule has 19 heavy (non-hydrogen) atoms. The number of carbonyl (C=O) groups is 2. The smallest absolute Gasteiger partial charge is 0.310 e. The molecule has 0 atom stereocenters. The van der Waals surface area contributed by atoms with E-state index >= 15 is 0 Å². The molecule has 0 aliphatic heterocycles. The third-order valence-corrected chi connectivity index (χ3v) is 3.15. The molecule has 6 nitrogen and oxygen atoms in total. The number of hydrogen-bond acceptors (Lipinski definition) is 5. The van der Waals surface area contributed by atoms with Crippen LogP contribution in [0.5, 0.6) is 0 Å². The zero-order valence-electron chi connectivity index (χ0n) is 9.46. The van der Waals surface area contributed by atoms with Crippen molar-refractivity contribution < 1.29 is 14.7 Å². The molecule has 8 heteroatoms. The molecule has 1 amide bonds. The fourth-order valence-electron chi connectivity index (χ4n) is 1.30. The van der Waals surface area contributed by atoms with Gasteiger partial charge in [0.1, 0.15) is 5.01 Å². The highest BCUT2D eigenvalue weighted by Gasteiger charge is 2.12. The fraction of sp³-hybridized carbons (Fsp3) is 0.0909. The van der Waals surface area contributed by atoms with Crippen LogP contribution in [0.15, 0.2) is 24.3 Å². The summed E-state index contributed by atoms with van der Waals surface area (Å²) in [7, 11) is 0. The number of nitrogens with zero attached hydrogens (tertiary/aromatic N) is 2. The molecule has 0 bridgehead atoms. The number of benzene rings is 1. The van der Waals surface area contributed by atoms with Gasteiger partial charge in [-0.1, -0.05) is 29.0 Å². The SMILES string of the molecule is O=C(O)Cc1nnc(NC(=O)c2cccc(Cl)c2)s1. The second-order valence-electron chi connectivity index (χ2n) is 3.54. The van der Waals surface area contributed by atoms with Crippen molar-refractivity contribution in [3.05, 3.63) is 39.9 Å². The summed E-state index contributed by atoms with van der Waals surface area (Å²) in [5, 5.41) is 19.5. The first-order valence-corrected chi connectivity index (χ1v) is 6.35. The number of amides is 1. The maximum atomic E-state index is 11.9. The van der Waals surface area contributed by atoms with Gasteiger partial charge in [0.25, 0.3) is 5.91 Å². The van der Waals surface area contributed by atoms with Crippen molar-refractivity contribution in [1.29, 1.82) is 0 Å². The average molecular weight is 298 g/mol. The van der Waals surface area contributed by atoms with Gasteiger partial charge in [0.2, 0.25) is 5.13 Å². The van der Waals surface area contributed by atoms with E-state index in [1.54, 1.807) is 18.2 Å². The van der Waals surface area contributed by atoms with Crippen molar-refractivity contribution in [1.82, 2.24) is 10.2 Å². The predicted octanol–water partition coefficient (Wildman–Crippen LogP) is 2.07. The lowest BCUT2D eigenvalue weighted by Crippen LogP contribution is -2.11. The van der Waals surface area contributed by atoms with Crippen LogP contribution in [0.25, 0.3) is 0 Å². The molecule has 2 rings (SSSR count). The summed E-state index contributed by atoms with van der Waals surface area (Å²) in [6, 6.07) is 6.46. The lowest BCUT2D eigenvalue weighted by molar-refractivity contribution is -0.136. The minimum absolute atomic E-state index is 0.218. The van der Waals surface area contributed by atoms with Crippen LogP contribution >= 0.6 is 22.9 Å². The molecule has 0 aliphatic carbocycles. The molecule has 1 aromatic carbocycles. The number of nitrogens with one attached hydrogen (secondary N) is 1. The van der Waals surface area contributed by atoms with Crippen molar-refractivity contribution in [3.8, 4) is 0 Å². The van der Waals surface area contributed by atoms with Gasteiger partial charge in [-0.2, -0.15) is 0 Å². The fourth-order valence-corrected chi connectivity index (χ4v) is 2.22. The van der Waals surface area contributed by atoms with Crippen molar-refractivity contribution in [2.45, 2.75) is 6.42 Å². The van der Waals surface area contributed by atoms with E-state index in [0.717, 1.165) is 11.3 Å². The molecule has 98 valence electrons. The molecular weight excluding hydrogens is 290 g/mol. The largest absolute Gasteiger partial charge is 0.481 e. The van der Waals surface area contributed by atoms with Crippen LogP contribution in [0.3, 0.4) is 0 Å². The molecule has 0 saturated heterocycles. The Kier molecular flexibility index (Phi) is 4.08. The van der Waals surface area contributed by atoms with Gasteiger partial charge >= 0.3 is 5.97 Å². The highest BCUT2D eigenvalue weighted by molar-refractivity contribution is 7.15. The number of rotatable bonds is 4. The lowest BCUT2D eigenvalue weighted by Gasteiger charge is -2.00. The summed E-state index contributed by atoms with van der Waals surface area (Å²) in [6.45, 7) is 0. The minimum Gasteiger partial charge on any atom is -0.481 e. The first kappa shape index (κ1) is 13.4. The van der Waals surface area contributed by atoms with Crippen LogP contribution in [0.2, 0.25) is 5.02 Å². The summed E-state index contributed by atoms with van der Waals surface area (Å²) in [6.07, 6.45) is -0.218. The second-order valence-corrected chi connectivity index (χ2v) is 5.03. The van der Waals surface area contributed by atoms with Gasteiger partial charge in [0.05, 0.1) is 6.42 Å². The van der Waals surface area contributed by atoms with E-state index in [-0.39, 0.29) is 17.5 Å². The molecule has 0 radical (unpaired) electrons. The number of aromatic nitrogens is 2. The number of hydrogen-bond donors (Lipinski definition) is 2. The molecule has 1 heterocycles. The summed E-state index contributed by atoms with van der Waals surface area (Å²) in [5.74, 6) is -1.37. The van der Waals surface area contributed by atoms with Crippen LogP contribution in [0.4, 0.5) is 5.13 Å². The van der Waals surface area contributed by atoms with Gasteiger partial charge in [-0.3, -0.25) is 14.9 Å². The van der Waals surface area contributed by atoms with E-state index < -0.39 is 5.97 Å². The Morgan fingerprint density at radius 2 is 2.16 bits per heavy atom. The third-order valence-electron chi connectivity index (χ3n) is 2.08. The Morgan fingerprint density at radius 1 is 1.37 bits per heavy atom. The van der Waals surface area contributed by atoms with E-state index in [4.69, 9.17) is 16.7 Å². The second kappa shape index (κ2) is 5.77. The van der Waals surface area contributed by atoms with Gasteiger partial charge in [-0.15, -0.1) is 10.2 Å². The number of aliphatic carboxylic acids is 1. The van der Waals surface area contributed by atoms with E-state index in [9.17, 15) is 9.59 Å². The lowest BCUT2D eigenvalue weighted by atomic mass is 10.2. The van der Waals surface area contributed by atoms with Gasteiger partial charge in [0, 0.05) is 10.6 Å². The monoisotopic (exact) mass is 297 g/mol. The molecule has 0 fully saturated rings. The van der Waals surface area contributed by atoms with Crippen molar-refractivity contribution in [2.24, 2.45) is 0 Å². The average Bonchev–Trinajstić information content (AvgIpc) is 2.75. The van der Waals surface area contributed by atoms with Gasteiger partial charge in [-0.25, -0.2) is 0 Å². The maximum Gasteiger partial charge on any atom is 0.310 e. The van der Waals surface area contributed by atoms with Gasteiger partial charge in [0.15, 0.2) is 0 Å². The number of halogens is 1. The molecular formula is C11H8ClN3O3S. The molecule has 1 aromatic heterocycles. The summed E-state index contributed by atoms with van der Waals surface area (Å²) < 4.78 is 0. The molecule has 2 N–H and O–H groups in total. The van der Waals surface area contributed by atoms with Crippen LogP contribution in [-0.4, -0.2) is 27.2 Å². The Bertz CT molecular complexity index is 629. The molecule has 2 aromatic rings. The molecule has 0 unspecified atom stereocenters. The Labute approximate surface area is 117 Å². The van der Waals surface area contributed by atoms with E-state index in [0.29, 0.717) is 15.6 Å². The zero-order valence-corrected chi connectivity index (χ0v) is 11.0. The highest BCUT2D eigenvalue weighted by Crippen LogP contribution is 2.17. The third kappa shape index (κ3) is 3.73. The van der Waals surface area contributed by atoms with Crippen molar-refractivity contribution in [2.75, 3.05) is 5.32 Å². The number of anilines is 1. The number of carboxylic acids is 1. The number of carbonyl (C=O) groups excluding carboxylic acids is 1. The van der Waals surface area contributed by atoms with Crippen LogP contribution in [-0.2, 0) is 11.2 Å². The predicted molar refractivity (Wildman–Crippen MR) is 70.7 cm³/mol. The molecule has 0 aliphatic rings. The standard InChI is InChI=1S/C11H8ClN3O3S/c12-7-3-1-2-6(4-7)10(18)13-11-15-14-8(19-11)5-9(16)17/h1-4H,5H2,(H,16,17)(H,13,15,18). The molecule has 0 spiro atoms. The van der Waals surface area contributed by atoms with Crippen molar-refractivity contribution in [3.63, 3.8) is 0 Å². The van der Waals surface area contributed by atoms with Gasteiger partial charge in [-0.05, 0) is 18.2 Å². The quantitative estimate of drug-likeness (QED) is 0.901. The van der Waals surface area contributed by atoms with Gasteiger partial charge < -0.3 is 5.11 Å². The van der Waals surface area contributed by atoms with Crippen LogP contribution in [0, 0.1) is 0 Å². The van der Waals surface area contributed by atoms with Crippen LogP contribution in [0.1, 0.15) is 15.4 Å². The van der Waals surface area contributed by atoms with E-state index in [2.05, 4.69) is 15.5 Å². The van der Waals surface area contributed by atoms with E-state index in [1.807, 2.05) is 0 Å². The summed E-state index contributed by atoms with van der Waals surface area (Å²) in [4.78, 5) is 22.3. The minimum atomic E-state index is -0.996. The first-order chi connectivity index (χ1) is 9.04. The van der Waals surface area contributed by atoms with Crippen LogP contribution < -0.4 is 5.32 Å². The zero-order chi connectivity index (χ0) is 13.8. The maximum absolute atomic E-state index is 11.9. The highest BCUT2D eigenvalue weighted by atomic mass is 35.5. The normalized spacial score (nSPS) is 10.2. The summed E-state index contributed by atoms with van der Waals surface area (Å²) in [5.41, 5.74) is 0.391. The number of carboxylic acid groups (broad SMARTS) is 1. The first-order valence-electron chi connectivity index (χ1n) is 5.15. The summed E-state index contributed by atoms with van der Waals surface area (Å²) >= 11 is 6.80. The Hall–Kier alpha value is -1.99. The topological polar surface area (TPSA) is 92.2 Å². The van der Waals surface area contributed by atoms with Crippen molar-refractivity contribution >= 4 is 39.9 Å². The molecule has 0 saturated carbocycles. The Morgan fingerprint density at radius 3 is 2.84 bits per heavy atom. The Balaban J connectivity index is 2.06. The van der Waals surface area contributed by atoms with E-state index in [1.165, 1.54) is 6.07 Å².